The van der Waals surface area contributed by atoms with Gasteiger partial charge in [-0.1, -0.05) is 10.4 Å². The summed E-state index contributed by atoms with van der Waals surface area (Å²) in [5.41, 5.74) is 2.68. The largest absolute Gasteiger partial charge is 0.505 e. The Morgan fingerprint density at radius 3 is 2.50 bits per heavy atom. The second kappa shape index (κ2) is 7.04. The second-order valence-electron chi connectivity index (χ2n) is 6.89. The molecule has 3 heterocycles. The smallest absolute Gasteiger partial charge is 0.307 e. The number of benzene rings is 1. The van der Waals surface area contributed by atoms with E-state index in [1.807, 2.05) is 17.6 Å². The van der Waals surface area contributed by atoms with Gasteiger partial charge in [0.1, 0.15) is 11.6 Å². The number of nitroso groups, excluding NO2 is 1. The van der Waals surface area contributed by atoms with Gasteiger partial charge in [0.15, 0.2) is 18.0 Å². The molecule has 1 aromatic heterocycles. The number of hydrogen-bond acceptors (Lipinski definition) is 6. The van der Waals surface area contributed by atoms with Gasteiger partial charge in [-0.3, -0.25) is 4.79 Å². The fourth-order valence-electron chi connectivity index (χ4n) is 3.36. The molecule has 2 aliphatic heterocycles. The van der Waals surface area contributed by atoms with Crippen molar-refractivity contribution in [2.45, 2.75) is 0 Å². The predicted molar refractivity (Wildman–Crippen MR) is 100 cm³/mol. The molecule has 10 heteroatoms. The van der Waals surface area contributed by atoms with Gasteiger partial charge in [0.05, 0.1) is 4.91 Å². The van der Waals surface area contributed by atoms with Crippen molar-refractivity contribution in [3.63, 3.8) is 0 Å². The summed E-state index contributed by atoms with van der Waals surface area (Å²) < 4.78 is 14.6. The molecule has 28 heavy (non-hydrogen) atoms. The molecule has 0 unspecified atom stereocenters. The Morgan fingerprint density at radius 2 is 1.93 bits per heavy atom. The fraction of sp³-hybridized carbons (Fsp3) is 0.333. The van der Waals surface area contributed by atoms with Crippen LogP contribution in [0.2, 0.25) is 0 Å². The molecule has 0 saturated carbocycles. The Hall–Kier alpha value is -3.27. The van der Waals surface area contributed by atoms with Gasteiger partial charge in [-0.2, -0.15) is 0 Å². The number of carbonyl (C=O) groups is 1. The summed E-state index contributed by atoms with van der Waals surface area (Å²) in [6, 6.07) is 6.24. The quantitative estimate of drug-likeness (QED) is 0.756. The van der Waals surface area contributed by atoms with E-state index in [4.69, 9.17) is 0 Å². The lowest BCUT2D eigenvalue weighted by Gasteiger charge is -2.33. The average molecular weight is 387 g/mol. The number of carbonyl (C=O) groups excluding carboxylic acids is 1. The maximum Gasteiger partial charge on any atom is 0.307 e. The molecule has 2 saturated heterocycles. The maximum absolute atomic E-state index is 14.6. The van der Waals surface area contributed by atoms with E-state index in [1.54, 1.807) is 6.20 Å². The number of halogens is 1. The Balaban J connectivity index is 1.58. The summed E-state index contributed by atoms with van der Waals surface area (Å²) in [4.78, 5) is 32.0. The highest BCUT2D eigenvalue weighted by atomic mass is 19.1. The van der Waals surface area contributed by atoms with Crippen LogP contribution < -0.4 is 15.3 Å². The highest BCUT2D eigenvalue weighted by Gasteiger charge is 2.40. The third kappa shape index (κ3) is 3.33. The zero-order chi connectivity index (χ0) is 19.8. The summed E-state index contributed by atoms with van der Waals surface area (Å²) in [5.74, 6) is -0.977. The number of phenols is 1. The number of nitrogens with one attached hydrogen (secondary N) is 1. The van der Waals surface area contributed by atoms with E-state index >= 15 is 0 Å². The number of nitrogens with zero attached hydrogens (tertiary/aromatic N) is 5. The van der Waals surface area contributed by atoms with E-state index in [2.05, 4.69) is 21.8 Å². The standard InChI is InChI=1S/C18H19FN6O3/c1-22-4-6-23(7-5-22)16-3-2-12(10-20-16)13-8-14(19)18(15(26)9-13)24-11-17(27)21-25(24)28/h2-3,8-10H,4-7,11H2,1H3,(H-,21,26,27,28)/p+1. The topological polar surface area (TPSA) is 92.0 Å². The molecule has 0 aliphatic carbocycles. The number of aromatic hydroxyl groups is 1. The molecule has 0 radical (unpaired) electrons. The minimum absolute atomic E-state index is 0.104. The van der Waals surface area contributed by atoms with E-state index in [0.29, 0.717) is 11.1 Å². The van der Waals surface area contributed by atoms with Gasteiger partial charge >= 0.3 is 5.91 Å². The fourth-order valence-corrected chi connectivity index (χ4v) is 3.36. The van der Waals surface area contributed by atoms with Crippen molar-refractivity contribution in [3.05, 3.63) is 41.2 Å². The van der Waals surface area contributed by atoms with E-state index in [1.165, 1.54) is 12.1 Å². The zero-order valence-electron chi connectivity index (χ0n) is 15.3. The molecule has 146 valence electrons. The molecule has 2 fully saturated rings. The average Bonchev–Trinajstić information content (AvgIpc) is 3.00. The monoisotopic (exact) mass is 387 g/mol. The molecular weight excluding hydrogens is 367 g/mol. The summed E-state index contributed by atoms with van der Waals surface area (Å²) >= 11 is 0. The maximum atomic E-state index is 14.6. The molecule has 9 nitrogen and oxygen atoms in total. The summed E-state index contributed by atoms with van der Waals surface area (Å²) in [6.45, 7) is 3.35. The van der Waals surface area contributed by atoms with Crippen molar-refractivity contribution in [1.29, 1.82) is 0 Å². The van der Waals surface area contributed by atoms with E-state index in [0.717, 1.165) is 37.0 Å². The Kier molecular flexibility index (Phi) is 4.55. The SMILES string of the molecule is CN1CCN(c2ccc(-c3cc(O)c(N4CC(=O)N[N+]4=O)c(F)c3)cn2)CC1. The number of anilines is 2. The molecule has 2 N–H and O–H groups in total. The third-order valence-electron chi connectivity index (χ3n) is 4.94. The zero-order valence-corrected chi connectivity index (χ0v) is 15.3. The van der Waals surface area contributed by atoms with Gasteiger partial charge in [-0.05, 0) is 36.9 Å². The van der Waals surface area contributed by atoms with Crippen molar-refractivity contribution >= 4 is 17.4 Å². The molecule has 2 aliphatic rings. The first-order valence-electron chi connectivity index (χ1n) is 8.89. The number of hydrogen-bond donors (Lipinski definition) is 2. The highest BCUT2D eigenvalue weighted by molar-refractivity contribution is 5.82. The number of likely N-dealkylation sites (N-methyl/N-ethyl adjacent to an activating group) is 1. The Bertz CT molecular complexity index is 904. The van der Waals surface area contributed by atoms with Crippen LogP contribution in [0.3, 0.4) is 0 Å². The van der Waals surface area contributed by atoms with Crippen LogP contribution in [-0.2, 0) is 4.79 Å². The van der Waals surface area contributed by atoms with Gasteiger partial charge in [0, 0.05) is 37.9 Å². The van der Waals surface area contributed by atoms with E-state index in [-0.39, 0.29) is 17.2 Å². The Labute approximate surface area is 160 Å². The summed E-state index contributed by atoms with van der Waals surface area (Å²) in [7, 11) is 2.08. The number of piperazine rings is 1. The first kappa shape index (κ1) is 18.1. The molecule has 0 spiro atoms. The first-order chi connectivity index (χ1) is 13.4. The van der Waals surface area contributed by atoms with Crippen LogP contribution in [0.5, 0.6) is 5.75 Å². The number of hydrazine groups is 2. The summed E-state index contributed by atoms with van der Waals surface area (Å²) in [5, 5.41) is 11.1. The lowest BCUT2D eigenvalue weighted by Crippen LogP contribution is -2.44. The third-order valence-corrected chi connectivity index (χ3v) is 4.94. The van der Waals surface area contributed by atoms with E-state index < -0.39 is 17.5 Å². The van der Waals surface area contributed by atoms with Crippen molar-refractivity contribution < 1.29 is 19.3 Å². The molecular formula is C18H20FN6O3+. The normalized spacial score (nSPS) is 17.9. The number of aromatic nitrogens is 1. The van der Waals surface area contributed by atoms with Gasteiger partial charge < -0.3 is 14.9 Å². The van der Waals surface area contributed by atoms with Crippen LogP contribution in [0.15, 0.2) is 30.5 Å². The van der Waals surface area contributed by atoms with E-state index in [9.17, 15) is 19.2 Å². The van der Waals surface area contributed by atoms with Crippen molar-refractivity contribution in [2.24, 2.45) is 0 Å². The second-order valence-corrected chi connectivity index (χ2v) is 6.89. The van der Waals surface area contributed by atoms with Gasteiger partial charge in [0.2, 0.25) is 0 Å². The first-order valence-corrected chi connectivity index (χ1v) is 8.89. The van der Waals surface area contributed by atoms with Crippen LogP contribution >= 0.6 is 0 Å². The predicted octanol–water partition coefficient (Wildman–Crippen LogP) is 0.890. The van der Waals surface area contributed by atoms with Crippen LogP contribution in [-0.4, -0.2) is 65.6 Å². The van der Waals surface area contributed by atoms with Crippen LogP contribution in [0.4, 0.5) is 15.9 Å². The lowest BCUT2D eigenvalue weighted by molar-refractivity contribution is -0.591. The number of rotatable bonds is 3. The van der Waals surface area contributed by atoms with Crippen LogP contribution in [0.1, 0.15) is 0 Å². The molecule has 4 rings (SSSR count). The molecule has 0 bridgehead atoms. The molecule has 1 amide bonds. The van der Waals surface area contributed by atoms with Crippen molar-refractivity contribution in [1.82, 2.24) is 15.3 Å². The Morgan fingerprint density at radius 1 is 1.18 bits per heavy atom. The number of amides is 1. The highest BCUT2D eigenvalue weighted by Crippen LogP contribution is 2.36. The molecule has 2 aromatic rings. The minimum atomic E-state index is -0.810. The van der Waals surface area contributed by atoms with Crippen LogP contribution in [0.25, 0.3) is 11.1 Å². The number of phenolic OH excluding ortho intramolecular Hbond substituents is 1. The van der Waals surface area contributed by atoms with Gasteiger partial charge in [-0.15, -0.1) is 0 Å². The number of pyridine rings is 1. The minimum Gasteiger partial charge on any atom is -0.505 e. The lowest BCUT2D eigenvalue weighted by atomic mass is 10.1. The van der Waals surface area contributed by atoms with Crippen LogP contribution in [0, 0.1) is 10.7 Å². The molecule has 0 atom stereocenters. The molecule has 1 aromatic carbocycles. The van der Waals surface area contributed by atoms with Crippen molar-refractivity contribution in [3.8, 4) is 16.9 Å². The van der Waals surface area contributed by atoms with Gasteiger partial charge in [-0.25, -0.2) is 9.37 Å². The summed E-state index contributed by atoms with van der Waals surface area (Å²) in [6.07, 6.45) is 1.63. The van der Waals surface area contributed by atoms with Gasteiger partial charge in [0.25, 0.3) is 4.98 Å². The van der Waals surface area contributed by atoms with Crippen molar-refractivity contribution in [2.75, 3.05) is 49.7 Å².